The van der Waals surface area contributed by atoms with Gasteiger partial charge in [-0.05, 0) is 12.5 Å². The Balaban J connectivity index is 2.29. The average molecular weight is 314 g/mol. The van der Waals surface area contributed by atoms with Gasteiger partial charge >= 0.3 is 5.97 Å². The number of carboxylic acids is 1. The number of nitrogens with zero attached hydrogens (tertiary/aromatic N) is 1. The highest BCUT2D eigenvalue weighted by atomic mass is 32.1. The fourth-order valence-electron chi connectivity index (χ4n) is 2.10. The van der Waals surface area contributed by atoms with E-state index in [0.29, 0.717) is 10.6 Å². The molecule has 1 aromatic carbocycles. The number of carbonyl (C=O) groups is 2. The molecule has 6 heteroatoms. The van der Waals surface area contributed by atoms with Gasteiger partial charge in [-0.3, -0.25) is 9.59 Å². The maximum atomic E-state index is 11.8. The zero-order valence-corrected chi connectivity index (χ0v) is 12.7. The summed E-state index contributed by atoms with van der Waals surface area (Å²) in [6, 6.07) is 11.6. The van der Waals surface area contributed by atoms with Crippen molar-refractivity contribution in [3.63, 3.8) is 0 Å². The van der Waals surface area contributed by atoms with Crippen LogP contribution in [0.2, 0.25) is 0 Å². The Labute approximate surface area is 131 Å². The van der Waals surface area contributed by atoms with Crippen molar-refractivity contribution in [3.05, 3.63) is 40.8 Å². The Morgan fingerprint density at radius 2 is 1.95 bits per heavy atom. The van der Waals surface area contributed by atoms with Crippen molar-refractivity contribution >= 4 is 28.2 Å². The van der Waals surface area contributed by atoms with Gasteiger partial charge in [0.1, 0.15) is 11.1 Å². The van der Waals surface area contributed by atoms with Crippen molar-refractivity contribution in [2.45, 2.75) is 19.8 Å². The monoisotopic (exact) mass is 314 g/mol. The molecular formula is C16H14N2O3S. The molecule has 5 nitrogen and oxygen atoms in total. The molecule has 22 heavy (non-hydrogen) atoms. The van der Waals surface area contributed by atoms with Gasteiger partial charge < -0.3 is 10.4 Å². The quantitative estimate of drug-likeness (QED) is 0.885. The molecule has 0 saturated heterocycles. The van der Waals surface area contributed by atoms with Crippen LogP contribution in [0.25, 0.3) is 11.1 Å². The molecular weight excluding hydrogens is 300 g/mol. The van der Waals surface area contributed by atoms with Crippen molar-refractivity contribution < 1.29 is 14.7 Å². The largest absolute Gasteiger partial charge is 0.481 e. The van der Waals surface area contributed by atoms with Crippen LogP contribution in [0.4, 0.5) is 5.00 Å². The molecule has 0 spiro atoms. The van der Waals surface area contributed by atoms with Crippen molar-refractivity contribution in [1.82, 2.24) is 0 Å². The number of amides is 1. The fourth-order valence-corrected chi connectivity index (χ4v) is 3.14. The standard InChI is InChI=1S/C16H14N2O3S/c1-10-15(11-5-3-2-4-6-11)12(9-17)16(22-10)18-13(19)7-8-14(20)21/h2-6H,7-8H2,1H3,(H,18,19)(H,20,21). The molecule has 1 aromatic heterocycles. The molecule has 0 bridgehead atoms. The first-order chi connectivity index (χ1) is 10.5. The number of carbonyl (C=O) groups excluding carboxylic acids is 1. The van der Waals surface area contributed by atoms with Gasteiger partial charge in [-0.1, -0.05) is 30.3 Å². The van der Waals surface area contributed by atoms with Crippen molar-refractivity contribution in [2.75, 3.05) is 5.32 Å². The van der Waals surface area contributed by atoms with Gasteiger partial charge in [-0.15, -0.1) is 11.3 Å². The van der Waals surface area contributed by atoms with Crippen LogP contribution in [-0.2, 0) is 9.59 Å². The zero-order chi connectivity index (χ0) is 16.1. The maximum Gasteiger partial charge on any atom is 0.303 e. The predicted octanol–water partition coefficient (Wildman–Crippen LogP) is 3.40. The average Bonchev–Trinajstić information content (AvgIpc) is 2.81. The van der Waals surface area contributed by atoms with Crippen LogP contribution in [-0.4, -0.2) is 17.0 Å². The minimum Gasteiger partial charge on any atom is -0.481 e. The highest BCUT2D eigenvalue weighted by Gasteiger charge is 2.18. The van der Waals surface area contributed by atoms with Gasteiger partial charge in [0.05, 0.1) is 12.0 Å². The smallest absolute Gasteiger partial charge is 0.303 e. The van der Waals surface area contributed by atoms with E-state index in [4.69, 9.17) is 5.11 Å². The summed E-state index contributed by atoms with van der Waals surface area (Å²) in [7, 11) is 0. The lowest BCUT2D eigenvalue weighted by Gasteiger charge is -2.03. The molecule has 2 rings (SSSR count). The van der Waals surface area contributed by atoms with Gasteiger partial charge in [0.2, 0.25) is 5.91 Å². The van der Waals surface area contributed by atoms with Gasteiger partial charge in [-0.25, -0.2) is 0 Å². The maximum absolute atomic E-state index is 11.8. The first-order valence-electron chi connectivity index (χ1n) is 6.63. The highest BCUT2D eigenvalue weighted by Crippen LogP contribution is 2.39. The van der Waals surface area contributed by atoms with Crippen LogP contribution < -0.4 is 5.32 Å². The van der Waals surface area contributed by atoms with E-state index in [1.165, 1.54) is 11.3 Å². The molecule has 0 saturated carbocycles. The molecule has 0 unspecified atom stereocenters. The topological polar surface area (TPSA) is 90.2 Å². The van der Waals surface area contributed by atoms with E-state index in [0.717, 1.165) is 16.0 Å². The van der Waals surface area contributed by atoms with Gasteiger partial charge in [0, 0.05) is 16.9 Å². The third-order valence-corrected chi connectivity index (χ3v) is 4.10. The molecule has 1 heterocycles. The van der Waals surface area contributed by atoms with E-state index in [1.807, 2.05) is 37.3 Å². The number of carboxylic acid groups (broad SMARTS) is 1. The molecule has 1 amide bonds. The minimum atomic E-state index is -1.03. The number of aryl methyl sites for hydroxylation is 1. The highest BCUT2D eigenvalue weighted by molar-refractivity contribution is 7.17. The molecule has 2 aromatic rings. The molecule has 0 aliphatic heterocycles. The molecule has 0 radical (unpaired) electrons. The van der Waals surface area contributed by atoms with E-state index in [1.54, 1.807) is 0 Å². The van der Waals surface area contributed by atoms with Crippen LogP contribution in [0.3, 0.4) is 0 Å². The summed E-state index contributed by atoms with van der Waals surface area (Å²) in [5.74, 6) is -1.43. The Morgan fingerprint density at radius 1 is 1.27 bits per heavy atom. The van der Waals surface area contributed by atoms with Crippen molar-refractivity contribution in [1.29, 1.82) is 5.26 Å². The molecule has 0 aliphatic rings. The number of nitriles is 1. The Hall–Kier alpha value is -2.65. The molecule has 0 aliphatic carbocycles. The first kappa shape index (κ1) is 15.7. The van der Waals surface area contributed by atoms with Crippen LogP contribution in [0, 0.1) is 18.3 Å². The third-order valence-electron chi connectivity index (χ3n) is 3.08. The number of hydrogen-bond acceptors (Lipinski definition) is 4. The van der Waals surface area contributed by atoms with Gasteiger partial charge in [0.15, 0.2) is 0 Å². The van der Waals surface area contributed by atoms with Gasteiger partial charge in [-0.2, -0.15) is 5.26 Å². The molecule has 0 atom stereocenters. The van der Waals surface area contributed by atoms with Crippen molar-refractivity contribution in [2.24, 2.45) is 0 Å². The normalized spacial score (nSPS) is 10.0. The van der Waals surface area contributed by atoms with E-state index >= 15 is 0 Å². The predicted molar refractivity (Wildman–Crippen MR) is 84.7 cm³/mol. The molecule has 112 valence electrons. The number of rotatable bonds is 5. The van der Waals surface area contributed by atoms with Crippen LogP contribution in [0.15, 0.2) is 30.3 Å². The van der Waals surface area contributed by atoms with E-state index in [2.05, 4.69) is 11.4 Å². The summed E-state index contributed by atoms with van der Waals surface area (Å²) < 4.78 is 0. The van der Waals surface area contributed by atoms with E-state index in [9.17, 15) is 14.9 Å². The van der Waals surface area contributed by atoms with Crippen LogP contribution in [0.5, 0.6) is 0 Å². The lowest BCUT2D eigenvalue weighted by molar-refractivity contribution is -0.138. The number of benzene rings is 1. The first-order valence-corrected chi connectivity index (χ1v) is 7.45. The summed E-state index contributed by atoms with van der Waals surface area (Å²) >= 11 is 1.32. The van der Waals surface area contributed by atoms with Gasteiger partial charge in [0.25, 0.3) is 0 Å². The lowest BCUT2D eigenvalue weighted by Crippen LogP contribution is -2.13. The second-order valence-electron chi connectivity index (χ2n) is 4.66. The zero-order valence-electron chi connectivity index (χ0n) is 11.9. The summed E-state index contributed by atoms with van der Waals surface area (Å²) in [5.41, 5.74) is 2.14. The Morgan fingerprint density at radius 3 is 2.55 bits per heavy atom. The molecule has 2 N–H and O–H groups in total. The second kappa shape index (κ2) is 6.87. The third kappa shape index (κ3) is 3.51. The molecule has 0 fully saturated rings. The van der Waals surface area contributed by atoms with Crippen LogP contribution in [0.1, 0.15) is 23.3 Å². The summed E-state index contributed by atoms with van der Waals surface area (Å²) in [6.07, 6.45) is -0.346. The summed E-state index contributed by atoms with van der Waals surface area (Å²) in [6.45, 7) is 1.89. The minimum absolute atomic E-state index is 0.113. The Bertz CT molecular complexity index is 745. The van der Waals surface area contributed by atoms with Crippen LogP contribution >= 0.6 is 11.3 Å². The Kier molecular flexibility index (Phi) is 4.92. The lowest BCUT2D eigenvalue weighted by atomic mass is 10.0. The van der Waals surface area contributed by atoms with E-state index in [-0.39, 0.29) is 12.8 Å². The SMILES string of the molecule is Cc1sc(NC(=O)CCC(=O)O)c(C#N)c1-c1ccccc1. The van der Waals surface area contributed by atoms with Crippen molar-refractivity contribution in [3.8, 4) is 17.2 Å². The number of thiophene rings is 1. The van der Waals surface area contributed by atoms with E-state index < -0.39 is 11.9 Å². The number of hydrogen-bond donors (Lipinski definition) is 2. The summed E-state index contributed by atoms with van der Waals surface area (Å²) in [5, 5.41) is 21.1. The summed E-state index contributed by atoms with van der Waals surface area (Å²) in [4.78, 5) is 23.2. The second-order valence-corrected chi connectivity index (χ2v) is 5.88. The number of anilines is 1. The number of nitrogens with one attached hydrogen (secondary N) is 1. The fraction of sp³-hybridized carbons (Fsp3) is 0.188. The number of aliphatic carboxylic acids is 1.